The van der Waals surface area contributed by atoms with Crippen molar-refractivity contribution >= 4 is 15.9 Å². The molecule has 0 saturated carbocycles. The van der Waals surface area contributed by atoms with E-state index in [4.69, 9.17) is 5.73 Å². The van der Waals surface area contributed by atoms with Crippen LogP contribution >= 0.6 is 15.9 Å². The minimum absolute atomic E-state index is 0. The zero-order valence-corrected chi connectivity index (χ0v) is 78.3. The molecule has 3 heteroatoms. The van der Waals surface area contributed by atoms with Gasteiger partial charge >= 0.3 is 0 Å². The van der Waals surface area contributed by atoms with E-state index >= 15 is 0 Å². The standard InChI is InChI=1S/2C25H18.2C13H10.C4H11N.C2H5Br.C2H7N.13C2H6.CH4/c2*1-3-11-19(12-4-1)25(20-13-5-2-6-14-20)23-17-9-7-15-21(23)22-16-8-10-18-24(22)25;2*1-3-7-12-10(5-1)9-11-6-2-4-8-13(11)12;1-3-5-4-2;2*1-2-3;13*1-2;/h2*1-18H;2*1-8H,9H2;5H,3-4H2,1-2H3;2H2,1H3;2-3H2,1H3;13*1-2H3;1H4. The van der Waals surface area contributed by atoms with Crippen molar-refractivity contribution in [2.45, 2.75) is 239 Å². The Morgan fingerprint density at radius 1 is 0.228 bits per heavy atom. The molecule has 0 spiro atoms. The van der Waals surface area contributed by atoms with Crippen LogP contribution in [0.5, 0.6) is 0 Å². The van der Waals surface area contributed by atoms with Crippen molar-refractivity contribution in [1.29, 1.82) is 0 Å². The van der Waals surface area contributed by atoms with Crippen LogP contribution in [0, 0.1) is 0 Å². The molecule has 0 saturated heterocycles. The molecule has 0 unspecified atom stereocenters. The van der Waals surface area contributed by atoms with Gasteiger partial charge in [-0.3, -0.25) is 0 Å². The first kappa shape index (κ1) is 114. The number of hydrogen-bond acceptors (Lipinski definition) is 2. The van der Waals surface area contributed by atoms with Crippen molar-refractivity contribution in [3.05, 3.63) is 382 Å². The second-order valence-corrected chi connectivity index (χ2v) is 22.9. The predicted octanol–water partition coefficient (Wildman–Crippen LogP) is 34.6. The van der Waals surface area contributed by atoms with Crippen LogP contribution in [-0.4, -0.2) is 25.0 Å². The summed E-state index contributed by atoms with van der Waals surface area (Å²) in [5.41, 5.74) is 31.9. The van der Waals surface area contributed by atoms with Gasteiger partial charge in [0.15, 0.2) is 0 Å². The lowest BCUT2D eigenvalue weighted by Gasteiger charge is -2.33. The van der Waals surface area contributed by atoms with Crippen molar-refractivity contribution in [3.8, 4) is 44.5 Å². The van der Waals surface area contributed by atoms with Gasteiger partial charge < -0.3 is 11.1 Å². The maximum Gasteiger partial charge on any atom is 0.0713 e. The van der Waals surface area contributed by atoms with Crippen LogP contribution in [0.1, 0.15) is 282 Å². The topological polar surface area (TPSA) is 38.0 Å². The number of hydrogen-bond donors (Lipinski definition) is 2. The molecular formula is C111H161BrN2. The van der Waals surface area contributed by atoms with Crippen molar-refractivity contribution in [2.75, 3.05) is 25.0 Å². The first-order valence-electron chi connectivity index (χ1n) is 43.9. The normalized spacial score (nSPS) is 10.3. The second kappa shape index (κ2) is 74.2. The van der Waals surface area contributed by atoms with Crippen LogP contribution in [0.2, 0.25) is 0 Å². The molecule has 622 valence electrons. The Hall–Kier alpha value is -8.96. The molecule has 0 fully saturated rings. The summed E-state index contributed by atoms with van der Waals surface area (Å²) in [5, 5.41) is 4.17. The van der Waals surface area contributed by atoms with Gasteiger partial charge in [0.2, 0.25) is 0 Å². The zero-order chi connectivity index (χ0) is 86.3. The summed E-state index contributed by atoms with van der Waals surface area (Å²) >= 11 is 3.15. The number of alkyl halides is 1. The Labute approximate surface area is 712 Å². The lowest BCUT2D eigenvalue weighted by atomic mass is 9.68. The smallest absolute Gasteiger partial charge is 0.0713 e. The van der Waals surface area contributed by atoms with E-state index in [0.717, 1.165) is 37.8 Å². The Bertz CT molecular complexity index is 3570. The number of halogens is 1. The summed E-state index contributed by atoms with van der Waals surface area (Å²) in [7, 11) is 0. The van der Waals surface area contributed by atoms with Crippen LogP contribution in [0.3, 0.4) is 0 Å². The molecule has 0 aromatic heterocycles. The fourth-order valence-electron chi connectivity index (χ4n) is 13.2. The van der Waals surface area contributed by atoms with Crippen LogP contribution in [0.25, 0.3) is 44.5 Å². The average molecular weight is 1600 g/mol. The molecule has 0 atom stereocenters. The summed E-state index contributed by atoms with van der Waals surface area (Å²) in [6, 6.07) is 114. The fraction of sp³-hybridized carbons (Fsp3) is 0.351. The minimum atomic E-state index is -0.254. The molecule has 3 N–H and O–H groups in total. The van der Waals surface area contributed by atoms with Crippen LogP contribution in [-0.2, 0) is 23.7 Å². The molecule has 4 aliphatic carbocycles. The summed E-state index contributed by atoms with van der Waals surface area (Å²) in [5.74, 6) is 0. The minimum Gasteiger partial charge on any atom is -0.331 e. The fourth-order valence-corrected chi connectivity index (χ4v) is 13.2. The lowest BCUT2D eigenvalue weighted by Crippen LogP contribution is -2.28. The molecule has 12 aromatic rings. The van der Waals surface area contributed by atoms with Gasteiger partial charge in [-0.1, -0.05) is 547 Å². The molecule has 4 aliphatic rings. The quantitative estimate of drug-likeness (QED) is 0.163. The van der Waals surface area contributed by atoms with Crippen molar-refractivity contribution in [1.82, 2.24) is 5.32 Å². The van der Waals surface area contributed by atoms with E-state index in [9.17, 15) is 0 Å². The monoisotopic (exact) mass is 1600 g/mol. The van der Waals surface area contributed by atoms with Crippen molar-refractivity contribution in [3.63, 3.8) is 0 Å². The van der Waals surface area contributed by atoms with Gasteiger partial charge in [0.25, 0.3) is 0 Å². The highest BCUT2D eigenvalue weighted by atomic mass is 79.9. The number of nitrogens with one attached hydrogen (secondary N) is 1. The van der Waals surface area contributed by atoms with Crippen LogP contribution < -0.4 is 11.1 Å². The maximum atomic E-state index is 4.85. The summed E-state index contributed by atoms with van der Waals surface area (Å²) in [6.45, 7) is 63.1. The van der Waals surface area contributed by atoms with Gasteiger partial charge in [0.05, 0.1) is 10.8 Å². The first-order chi connectivity index (χ1) is 56.0. The molecule has 2 nitrogen and oxygen atoms in total. The third-order valence-electron chi connectivity index (χ3n) is 16.6. The molecule has 0 bridgehead atoms. The first-order valence-corrected chi connectivity index (χ1v) is 45.0. The molecular weight excluding hydrogens is 1440 g/mol. The number of nitrogens with two attached hydrogens (primary N) is 1. The number of benzene rings is 12. The highest BCUT2D eigenvalue weighted by Gasteiger charge is 2.47. The van der Waals surface area contributed by atoms with Crippen molar-refractivity contribution < 1.29 is 0 Å². The maximum absolute atomic E-state index is 4.85. The average Bonchev–Trinajstić information content (AvgIpc) is 1.55. The van der Waals surface area contributed by atoms with E-state index in [-0.39, 0.29) is 18.3 Å². The third kappa shape index (κ3) is 31.3. The van der Waals surface area contributed by atoms with Gasteiger partial charge in [-0.2, -0.15) is 0 Å². The molecule has 16 rings (SSSR count). The van der Waals surface area contributed by atoms with E-state index in [2.05, 4.69) is 351 Å². The molecule has 12 aromatic carbocycles. The predicted molar refractivity (Wildman–Crippen MR) is 530 cm³/mol. The van der Waals surface area contributed by atoms with Crippen LogP contribution in [0.4, 0.5) is 0 Å². The third-order valence-corrected chi connectivity index (χ3v) is 16.6. The van der Waals surface area contributed by atoms with Gasteiger partial charge in [-0.25, -0.2) is 0 Å². The molecule has 0 heterocycles. The zero-order valence-electron chi connectivity index (χ0n) is 76.7. The second-order valence-electron chi connectivity index (χ2n) is 21.8. The Kier molecular flexibility index (Phi) is 73.9. The highest BCUT2D eigenvalue weighted by molar-refractivity contribution is 9.09. The molecule has 0 radical (unpaired) electrons. The molecule has 0 aliphatic heterocycles. The largest absolute Gasteiger partial charge is 0.331 e. The van der Waals surface area contributed by atoms with Gasteiger partial charge in [-0.15, -0.1) is 0 Å². The number of fused-ring (bicyclic) bond motifs is 12. The Morgan fingerprint density at radius 3 is 0.509 bits per heavy atom. The van der Waals surface area contributed by atoms with E-state index in [1.165, 1.54) is 111 Å². The van der Waals surface area contributed by atoms with E-state index in [1.54, 1.807) is 0 Å². The SMILES string of the molecule is C.CC.CC.CC.CC.CC.CC.CC.CC.CC.CC.CC.CC.CC.CCBr.CCN.CCNCC.c1ccc(C2(c3ccccc3)c3ccccc3-c3ccccc32)cc1.c1ccc(C2(c3ccccc3)c3ccccc3-c3ccccc32)cc1.c1ccc2c(c1)Cc1ccccc1-2.c1ccc2c(c1)Cc1ccccc1-2. The summed E-state index contributed by atoms with van der Waals surface area (Å²) in [4.78, 5) is 0. The van der Waals surface area contributed by atoms with Gasteiger partial charge in [0.1, 0.15) is 0 Å². The molecule has 0 amide bonds. The Balaban J connectivity index is -0.000000413. The highest BCUT2D eigenvalue weighted by Crippen LogP contribution is 2.57. The Morgan fingerprint density at radius 2 is 0.360 bits per heavy atom. The summed E-state index contributed by atoms with van der Waals surface area (Å²) in [6.07, 6.45) is 2.21. The van der Waals surface area contributed by atoms with Crippen LogP contribution in [0.15, 0.2) is 315 Å². The van der Waals surface area contributed by atoms with E-state index < -0.39 is 0 Å². The summed E-state index contributed by atoms with van der Waals surface area (Å²) < 4.78 is 0. The van der Waals surface area contributed by atoms with Crippen molar-refractivity contribution in [2.24, 2.45) is 5.73 Å². The van der Waals surface area contributed by atoms with E-state index in [1.807, 2.05) is 194 Å². The van der Waals surface area contributed by atoms with E-state index in [0.29, 0.717) is 0 Å². The molecule has 114 heavy (non-hydrogen) atoms. The van der Waals surface area contributed by atoms with Gasteiger partial charge in [0, 0.05) is 5.33 Å². The number of rotatable bonds is 6. The van der Waals surface area contributed by atoms with Gasteiger partial charge in [-0.05, 0) is 144 Å². The lowest BCUT2D eigenvalue weighted by molar-refractivity contribution is 0.762.